The first kappa shape index (κ1) is 17.7. The van der Waals surface area contributed by atoms with Gasteiger partial charge >= 0.3 is 0 Å². The van der Waals surface area contributed by atoms with Crippen LogP contribution in [0.15, 0.2) is 59.5 Å². The van der Waals surface area contributed by atoms with Crippen LogP contribution in [0, 0.1) is 20.8 Å². The fourth-order valence-corrected chi connectivity index (χ4v) is 3.01. The Bertz CT molecular complexity index is 1000. The zero-order chi connectivity index (χ0) is 18.8. The largest absolute Gasteiger partial charge is 0.322 e. The molecular weight excluding hydrogens is 324 g/mol. The number of carbonyl (C=O) groups is 1. The van der Waals surface area contributed by atoms with Crippen molar-refractivity contribution in [2.75, 3.05) is 5.32 Å². The maximum atomic E-state index is 12.5. The van der Waals surface area contributed by atoms with Crippen LogP contribution in [-0.4, -0.2) is 10.5 Å². The summed E-state index contributed by atoms with van der Waals surface area (Å²) in [6.07, 6.45) is 1.82. The normalized spacial score (nSPS) is 10.6. The van der Waals surface area contributed by atoms with Crippen LogP contribution >= 0.6 is 0 Å². The first-order valence-electron chi connectivity index (χ1n) is 8.52. The lowest BCUT2D eigenvalue weighted by atomic mass is 9.99. The van der Waals surface area contributed by atoms with Crippen molar-refractivity contribution in [3.8, 4) is 11.1 Å². The van der Waals surface area contributed by atoms with Gasteiger partial charge in [0.15, 0.2) is 0 Å². The topological polar surface area (TPSA) is 51.1 Å². The molecular formula is C22H22N2O2. The van der Waals surface area contributed by atoms with Gasteiger partial charge in [0.1, 0.15) is 0 Å². The molecule has 2 aromatic carbocycles. The number of aromatic nitrogens is 1. The Morgan fingerprint density at radius 2 is 1.69 bits per heavy atom. The number of pyridine rings is 1. The van der Waals surface area contributed by atoms with Gasteiger partial charge in [0, 0.05) is 30.1 Å². The molecule has 4 nitrogen and oxygen atoms in total. The number of benzene rings is 2. The number of rotatable bonds is 3. The zero-order valence-electron chi connectivity index (χ0n) is 15.5. The van der Waals surface area contributed by atoms with Gasteiger partial charge in [-0.3, -0.25) is 9.59 Å². The van der Waals surface area contributed by atoms with Crippen molar-refractivity contribution in [2.45, 2.75) is 20.8 Å². The predicted molar refractivity (Wildman–Crippen MR) is 106 cm³/mol. The van der Waals surface area contributed by atoms with E-state index in [1.54, 1.807) is 11.6 Å². The minimum atomic E-state index is -0.137. The number of anilines is 1. The molecule has 1 amide bonds. The van der Waals surface area contributed by atoms with Crippen molar-refractivity contribution in [1.82, 2.24) is 4.57 Å². The third-order valence-corrected chi connectivity index (χ3v) is 4.57. The molecule has 0 spiro atoms. The van der Waals surface area contributed by atoms with Crippen LogP contribution in [0.4, 0.5) is 5.69 Å². The quantitative estimate of drug-likeness (QED) is 0.771. The van der Waals surface area contributed by atoms with Crippen LogP contribution < -0.4 is 10.9 Å². The predicted octanol–water partition coefficient (Wildman–Crippen LogP) is 4.23. The van der Waals surface area contributed by atoms with Gasteiger partial charge in [-0.25, -0.2) is 0 Å². The van der Waals surface area contributed by atoms with Gasteiger partial charge in [0.05, 0.1) is 0 Å². The molecule has 3 aromatic rings. The highest BCUT2D eigenvalue weighted by Gasteiger charge is 2.12. The molecule has 0 aliphatic rings. The summed E-state index contributed by atoms with van der Waals surface area (Å²) in [5.74, 6) is -0.137. The van der Waals surface area contributed by atoms with Gasteiger partial charge in [-0.2, -0.15) is 0 Å². The SMILES string of the molecule is Cc1ccc(C(=O)Nc2cccc(-c3cc(C)c(=O)n(C)c3)c2C)cc1. The van der Waals surface area contributed by atoms with E-state index in [9.17, 15) is 9.59 Å². The highest BCUT2D eigenvalue weighted by Crippen LogP contribution is 2.28. The van der Waals surface area contributed by atoms with Crippen LogP contribution in [0.3, 0.4) is 0 Å². The van der Waals surface area contributed by atoms with Gasteiger partial charge in [-0.1, -0.05) is 29.8 Å². The molecule has 0 fully saturated rings. The molecule has 0 radical (unpaired) electrons. The van der Waals surface area contributed by atoms with E-state index >= 15 is 0 Å². The standard InChI is InChI=1S/C22H22N2O2/c1-14-8-10-17(11-9-14)21(25)23-20-7-5-6-19(16(20)3)18-12-15(2)22(26)24(4)13-18/h5-13H,1-4H3,(H,23,25). The number of hydrogen-bond acceptors (Lipinski definition) is 2. The number of nitrogens with one attached hydrogen (secondary N) is 1. The molecule has 132 valence electrons. The van der Waals surface area contributed by atoms with Gasteiger partial charge in [-0.15, -0.1) is 0 Å². The summed E-state index contributed by atoms with van der Waals surface area (Å²) in [4.78, 5) is 24.5. The van der Waals surface area contributed by atoms with Gasteiger partial charge in [0.2, 0.25) is 0 Å². The molecule has 1 N–H and O–H groups in total. The first-order valence-corrected chi connectivity index (χ1v) is 8.52. The maximum absolute atomic E-state index is 12.5. The second-order valence-corrected chi connectivity index (χ2v) is 6.63. The van der Waals surface area contributed by atoms with Crippen LogP contribution in [0.2, 0.25) is 0 Å². The number of carbonyl (C=O) groups excluding carboxylic acids is 1. The summed E-state index contributed by atoms with van der Waals surface area (Å²) in [6.45, 7) is 5.77. The second-order valence-electron chi connectivity index (χ2n) is 6.63. The summed E-state index contributed by atoms with van der Waals surface area (Å²) in [7, 11) is 1.75. The minimum Gasteiger partial charge on any atom is -0.322 e. The Hall–Kier alpha value is -3.14. The summed E-state index contributed by atoms with van der Waals surface area (Å²) >= 11 is 0. The van der Waals surface area contributed by atoms with E-state index in [4.69, 9.17) is 0 Å². The third kappa shape index (κ3) is 3.45. The van der Waals surface area contributed by atoms with E-state index in [0.29, 0.717) is 11.1 Å². The molecule has 4 heteroatoms. The Morgan fingerprint density at radius 1 is 1.00 bits per heavy atom. The smallest absolute Gasteiger partial charge is 0.255 e. The van der Waals surface area contributed by atoms with E-state index in [0.717, 1.165) is 27.9 Å². The van der Waals surface area contributed by atoms with Gasteiger partial charge in [0.25, 0.3) is 11.5 Å². The number of aryl methyl sites for hydroxylation is 3. The lowest BCUT2D eigenvalue weighted by Gasteiger charge is -2.14. The molecule has 26 heavy (non-hydrogen) atoms. The first-order chi connectivity index (χ1) is 12.4. The monoisotopic (exact) mass is 346 g/mol. The van der Waals surface area contributed by atoms with Crippen molar-refractivity contribution >= 4 is 11.6 Å². The molecule has 1 heterocycles. The summed E-state index contributed by atoms with van der Waals surface area (Å²) < 4.78 is 1.58. The highest BCUT2D eigenvalue weighted by molar-refractivity contribution is 6.05. The van der Waals surface area contributed by atoms with E-state index in [1.807, 2.05) is 75.5 Å². The Kier molecular flexibility index (Phi) is 4.76. The summed E-state index contributed by atoms with van der Waals surface area (Å²) in [5, 5.41) is 2.99. The highest BCUT2D eigenvalue weighted by atomic mass is 16.1. The van der Waals surface area contributed by atoms with E-state index in [1.165, 1.54) is 0 Å². The summed E-state index contributed by atoms with van der Waals surface area (Å²) in [6, 6.07) is 15.2. The van der Waals surface area contributed by atoms with Crippen molar-refractivity contribution in [3.05, 3.63) is 87.3 Å². The fourth-order valence-electron chi connectivity index (χ4n) is 3.01. The van der Waals surface area contributed by atoms with E-state index in [2.05, 4.69) is 5.32 Å². The maximum Gasteiger partial charge on any atom is 0.255 e. The lowest BCUT2D eigenvalue weighted by molar-refractivity contribution is 0.102. The van der Waals surface area contributed by atoms with Crippen molar-refractivity contribution in [1.29, 1.82) is 0 Å². The molecule has 0 aliphatic heterocycles. The zero-order valence-corrected chi connectivity index (χ0v) is 15.5. The third-order valence-electron chi connectivity index (χ3n) is 4.57. The molecule has 1 aromatic heterocycles. The van der Waals surface area contributed by atoms with E-state index < -0.39 is 0 Å². The molecule has 0 saturated carbocycles. The van der Waals surface area contributed by atoms with Crippen molar-refractivity contribution in [2.24, 2.45) is 7.05 Å². The number of nitrogens with zero attached hydrogens (tertiary/aromatic N) is 1. The Balaban J connectivity index is 1.96. The van der Waals surface area contributed by atoms with Crippen LogP contribution in [0.5, 0.6) is 0 Å². The average Bonchev–Trinajstić information content (AvgIpc) is 2.61. The number of amides is 1. The van der Waals surface area contributed by atoms with Crippen molar-refractivity contribution in [3.63, 3.8) is 0 Å². The summed E-state index contributed by atoms with van der Waals surface area (Å²) in [5.41, 5.74) is 6.10. The van der Waals surface area contributed by atoms with Crippen LogP contribution in [-0.2, 0) is 7.05 Å². The average molecular weight is 346 g/mol. The molecule has 0 bridgehead atoms. The second kappa shape index (κ2) is 7.00. The molecule has 0 atom stereocenters. The minimum absolute atomic E-state index is 0.00442. The molecule has 0 unspecified atom stereocenters. The van der Waals surface area contributed by atoms with E-state index in [-0.39, 0.29) is 11.5 Å². The molecule has 0 saturated heterocycles. The fraction of sp³-hybridized carbons (Fsp3) is 0.182. The van der Waals surface area contributed by atoms with Gasteiger partial charge in [-0.05, 0) is 61.7 Å². The Labute approximate surface area is 153 Å². The molecule has 0 aliphatic carbocycles. The lowest BCUT2D eigenvalue weighted by Crippen LogP contribution is -2.18. The van der Waals surface area contributed by atoms with Crippen molar-refractivity contribution < 1.29 is 4.79 Å². The molecule has 3 rings (SSSR count). The number of hydrogen-bond donors (Lipinski definition) is 1. The van der Waals surface area contributed by atoms with Gasteiger partial charge < -0.3 is 9.88 Å². The van der Waals surface area contributed by atoms with Crippen LogP contribution in [0.25, 0.3) is 11.1 Å². The van der Waals surface area contributed by atoms with Crippen LogP contribution in [0.1, 0.15) is 27.0 Å². The Morgan fingerprint density at radius 3 is 2.35 bits per heavy atom.